The first kappa shape index (κ1) is 16.1. The molecule has 2 rings (SSSR count). The van der Waals surface area contributed by atoms with Crippen LogP contribution >= 0.6 is 27.3 Å². The van der Waals surface area contributed by atoms with E-state index in [4.69, 9.17) is 0 Å². The van der Waals surface area contributed by atoms with E-state index >= 15 is 0 Å². The Kier molecular flexibility index (Phi) is 5.45. The lowest BCUT2D eigenvalue weighted by Crippen LogP contribution is -2.36. The molecule has 0 aliphatic carbocycles. The zero-order valence-electron chi connectivity index (χ0n) is 10.7. The van der Waals surface area contributed by atoms with Crippen molar-refractivity contribution < 1.29 is 13.2 Å². The van der Waals surface area contributed by atoms with Crippen molar-refractivity contribution >= 4 is 43.2 Å². The molecule has 2 aromatic heterocycles. The maximum atomic E-state index is 11.9. The van der Waals surface area contributed by atoms with Gasteiger partial charge in [0.25, 0.3) is 10.0 Å². The second-order valence-electron chi connectivity index (χ2n) is 4.02. The lowest BCUT2D eigenvalue weighted by Gasteiger charge is -2.06. The molecule has 0 atom stereocenters. The lowest BCUT2D eigenvalue weighted by molar-refractivity contribution is -0.120. The Morgan fingerprint density at radius 1 is 1.24 bits per heavy atom. The highest BCUT2D eigenvalue weighted by molar-refractivity contribution is 9.11. The number of sulfonamides is 1. The van der Waals surface area contributed by atoms with Gasteiger partial charge in [0.2, 0.25) is 5.91 Å². The van der Waals surface area contributed by atoms with E-state index in [9.17, 15) is 13.2 Å². The molecule has 0 aromatic carbocycles. The molecule has 2 N–H and O–H groups in total. The maximum absolute atomic E-state index is 11.9. The fourth-order valence-corrected chi connectivity index (χ4v) is 4.47. The number of hydrogen-bond donors (Lipinski definition) is 2. The van der Waals surface area contributed by atoms with Crippen molar-refractivity contribution in [2.75, 3.05) is 6.54 Å². The van der Waals surface area contributed by atoms with Crippen LogP contribution in [0.2, 0.25) is 0 Å². The van der Waals surface area contributed by atoms with Crippen LogP contribution in [0.25, 0.3) is 0 Å². The molecule has 0 fully saturated rings. The molecule has 6 nitrogen and oxygen atoms in total. The van der Waals surface area contributed by atoms with Crippen molar-refractivity contribution in [3.05, 3.63) is 46.0 Å². The van der Waals surface area contributed by atoms with Crippen LogP contribution in [0.4, 0.5) is 0 Å². The summed E-state index contributed by atoms with van der Waals surface area (Å²) in [4.78, 5) is 15.5. The number of aromatic nitrogens is 1. The first-order chi connectivity index (χ1) is 9.97. The van der Waals surface area contributed by atoms with E-state index in [-0.39, 0.29) is 10.8 Å². The van der Waals surface area contributed by atoms with Crippen molar-refractivity contribution in [2.45, 2.75) is 10.8 Å². The van der Waals surface area contributed by atoms with Crippen molar-refractivity contribution in [1.82, 2.24) is 15.0 Å². The summed E-state index contributed by atoms with van der Waals surface area (Å²) >= 11 is 4.28. The molecule has 2 heterocycles. The summed E-state index contributed by atoms with van der Waals surface area (Å²) in [7, 11) is -3.65. The highest BCUT2D eigenvalue weighted by Crippen LogP contribution is 2.25. The smallest absolute Gasteiger partial charge is 0.250 e. The SMILES string of the molecule is O=C(CNS(=O)(=O)c1ccc(Br)s1)NCc1ccncc1. The monoisotopic (exact) mass is 389 g/mol. The third-order valence-electron chi connectivity index (χ3n) is 2.48. The van der Waals surface area contributed by atoms with Gasteiger partial charge in [-0.25, -0.2) is 13.1 Å². The Morgan fingerprint density at radius 3 is 2.57 bits per heavy atom. The summed E-state index contributed by atoms with van der Waals surface area (Å²) in [5.41, 5.74) is 0.892. The predicted octanol–water partition coefficient (Wildman–Crippen LogP) is 1.50. The van der Waals surface area contributed by atoms with E-state index < -0.39 is 15.9 Å². The van der Waals surface area contributed by atoms with Crippen molar-refractivity contribution in [3.8, 4) is 0 Å². The minimum Gasteiger partial charge on any atom is -0.351 e. The molecular formula is C12H12BrN3O3S2. The highest BCUT2D eigenvalue weighted by atomic mass is 79.9. The summed E-state index contributed by atoms with van der Waals surface area (Å²) < 4.78 is 27.0. The van der Waals surface area contributed by atoms with Gasteiger partial charge in [0.1, 0.15) is 4.21 Å². The van der Waals surface area contributed by atoms with Crippen LogP contribution in [-0.2, 0) is 21.4 Å². The number of pyridine rings is 1. The van der Waals surface area contributed by atoms with Crippen LogP contribution in [0, 0.1) is 0 Å². The van der Waals surface area contributed by atoms with Gasteiger partial charge < -0.3 is 5.32 Å². The van der Waals surface area contributed by atoms with Crippen LogP contribution in [-0.4, -0.2) is 25.9 Å². The molecule has 2 aromatic rings. The molecule has 0 aliphatic rings. The third kappa shape index (κ3) is 4.88. The first-order valence-electron chi connectivity index (χ1n) is 5.88. The van der Waals surface area contributed by atoms with E-state index in [0.29, 0.717) is 10.3 Å². The summed E-state index contributed by atoms with van der Waals surface area (Å²) in [5, 5.41) is 2.63. The molecule has 0 unspecified atom stereocenters. The molecule has 0 bridgehead atoms. The Labute approximate surface area is 134 Å². The van der Waals surface area contributed by atoms with Gasteiger partial charge in [0.15, 0.2) is 0 Å². The number of halogens is 1. The van der Waals surface area contributed by atoms with E-state index in [1.807, 2.05) is 0 Å². The van der Waals surface area contributed by atoms with Crippen LogP contribution in [0.5, 0.6) is 0 Å². The molecular weight excluding hydrogens is 378 g/mol. The molecule has 0 aliphatic heterocycles. The average Bonchev–Trinajstić information content (AvgIpc) is 2.92. The molecule has 0 radical (unpaired) electrons. The number of carbonyl (C=O) groups excluding carboxylic acids is 1. The summed E-state index contributed by atoms with van der Waals surface area (Å²) in [6.07, 6.45) is 3.25. The van der Waals surface area contributed by atoms with E-state index in [2.05, 4.69) is 31.0 Å². The van der Waals surface area contributed by atoms with Crippen molar-refractivity contribution in [1.29, 1.82) is 0 Å². The van der Waals surface area contributed by atoms with Crippen LogP contribution < -0.4 is 10.0 Å². The minimum absolute atomic E-state index is 0.163. The molecule has 1 amide bonds. The quantitative estimate of drug-likeness (QED) is 0.783. The van der Waals surface area contributed by atoms with Crippen molar-refractivity contribution in [2.24, 2.45) is 0 Å². The van der Waals surface area contributed by atoms with Gasteiger partial charge in [0.05, 0.1) is 10.3 Å². The number of hydrogen-bond acceptors (Lipinski definition) is 5. The maximum Gasteiger partial charge on any atom is 0.250 e. The standard InChI is InChI=1S/C12H12BrN3O3S2/c13-10-1-2-12(20-10)21(18,19)16-8-11(17)15-7-9-3-5-14-6-4-9/h1-6,16H,7-8H2,(H,15,17). The first-order valence-corrected chi connectivity index (χ1v) is 8.97. The summed E-state index contributed by atoms with van der Waals surface area (Å²) in [6, 6.07) is 6.66. The van der Waals surface area contributed by atoms with E-state index in [1.165, 1.54) is 6.07 Å². The molecule has 0 spiro atoms. The van der Waals surface area contributed by atoms with Gasteiger partial charge in [-0.15, -0.1) is 11.3 Å². The number of rotatable bonds is 6. The van der Waals surface area contributed by atoms with Gasteiger partial charge >= 0.3 is 0 Å². The average molecular weight is 390 g/mol. The lowest BCUT2D eigenvalue weighted by atomic mass is 10.3. The zero-order chi connectivity index (χ0) is 15.3. The fourth-order valence-electron chi connectivity index (χ4n) is 1.44. The molecule has 0 saturated heterocycles. The summed E-state index contributed by atoms with van der Waals surface area (Å²) in [5.74, 6) is -0.397. The van der Waals surface area contributed by atoms with Crippen molar-refractivity contribution in [3.63, 3.8) is 0 Å². The molecule has 9 heteroatoms. The van der Waals surface area contributed by atoms with Gasteiger partial charge in [-0.3, -0.25) is 9.78 Å². The largest absolute Gasteiger partial charge is 0.351 e. The Balaban J connectivity index is 1.84. The highest BCUT2D eigenvalue weighted by Gasteiger charge is 2.17. The van der Waals surface area contributed by atoms with Crippen LogP contribution in [0.1, 0.15) is 5.56 Å². The predicted molar refractivity (Wildman–Crippen MR) is 83.3 cm³/mol. The van der Waals surface area contributed by atoms with Gasteiger partial charge in [-0.05, 0) is 45.8 Å². The topological polar surface area (TPSA) is 88.2 Å². The molecule has 21 heavy (non-hydrogen) atoms. The van der Waals surface area contributed by atoms with Gasteiger partial charge in [-0.2, -0.15) is 0 Å². The van der Waals surface area contributed by atoms with E-state index in [1.54, 1.807) is 30.6 Å². The van der Waals surface area contributed by atoms with E-state index in [0.717, 1.165) is 16.9 Å². The number of amides is 1. The Morgan fingerprint density at radius 2 is 1.95 bits per heavy atom. The molecule has 0 saturated carbocycles. The number of nitrogens with zero attached hydrogens (tertiary/aromatic N) is 1. The van der Waals surface area contributed by atoms with Gasteiger partial charge in [-0.1, -0.05) is 0 Å². The molecule has 112 valence electrons. The fraction of sp³-hybridized carbons (Fsp3) is 0.167. The number of carbonyl (C=O) groups is 1. The van der Waals surface area contributed by atoms with Crippen LogP contribution in [0.3, 0.4) is 0 Å². The van der Waals surface area contributed by atoms with Crippen LogP contribution in [0.15, 0.2) is 44.7 Å². The zero-order valence-corrected chi connectivity index (χ0v) is 14.0. The second kappa shape index (κ2) is 7.12. The Bertz CT molecular complexity index is 716. The summed E-state index contributed by atoms with van der Waals surface area (Å²) in [6.45, 7) is 0.0244. The Hall–Kier alpha value is -1.29. The second-order valence-corrected chi connectivity index (χ2v) is 8.47. The van der Waals surface area contributed by atoms with Gasteiger partial charge in [0, 0.05) is 18.9 Å². The number of nitrogens with one attached hydrogen (secondary N) is 2. The third-order valence-corrected chi connectivity index (χ3v) is 5.99. The normalized spacial score (nSPS) is 11.3. The minimum atomic E-state index is -3.65. The number of thiophene rings is 1.